The summed E-state index contributed by atoms with van der Waals surface area (Å²) in [7, 11) is -0.699. The van der Waals surface area contributed by atoms with Gasteiger partial charge in [-0.1, -0.05) is 30.3 Å². The smallest absolute Gasteiger partial charge is 0.324 e. The Kier molecular flexibility index (Phi) is 4.40. The number of rotatable bonds is 5. The molecule has 0 aromatic heterocycles. The predicted octanol–water partition coefficient (Wildman–Crippen LogP) is 2.79. The minimum Gasteiger partial charge on any atom is -0.324 e. The van der Waals surface area contributed by atoms with Crippen molar-refractivity contribution in [2.24, 2.45) is 0 Å². The van der Waals surface area contributed by atoms with Crippen molar-refractivity contribution in [2.75, 3.05) is 20.8 Å². The summed E-state index contributed by atoms with van der Waals surface area (Å²) in [5.41, 5.74) is 0.768. The molecule has 0 saturated carbocycles. The molecule has 2 rings (SSSR count). The van der Waals surface area contributed by atoms with Gasteiger partial charge in [-0.2, -0.15) is 0 Å². The number of amides is 1. The van der Waals surface area contributed by atoms with Crippen molar-refractivity contribution in [1.29, 1.82) is 0 Å². The Bertz CT molecular complexity index is 483. The Morgan fingerprint density at radius 1 is 1.21 bits per heavy atom. The summed E-state index contributed by atoms with van der Waals surface area (Å²) in [5, 5.41) is 0. The van der Waals surface area contributed by atoms with E-state index >= 15 is 0 Å². The second kappa shape index (κ2) is 5.87. The van der Waals surface area contributed by atoms with Crippen molar-refractivity contribution in [2.45, 2.75) is 18.6 Å². The zero-order valence-corrected chi connectivity index (χ0v) is 12.0. The number of carbonyl (C=O) groups excluding carboxylic acids is 1. The van der Waals surface area contributed by atoms with Gasteiger partial charge in [-0.15, -0.1) is 0 Å². The van der Waals surface area contributed by atoms with E-state index in [0.717, 1.165) is 12.0 Å². The van der Waals surface area contributed by atoms with Gasteiger partial charge in [-0.05, 0) is 12.0 Å². The van der Waals surface area contributed by atoms with Crippen LogP contribution in [0.1, 0.15) is 24.2 Å². The van der Waals surface area contributed by atoms with Crippen molar-refractivity contribution >= 4 is 13.5 Å². The predicted molar refractivity (Wildman–Crippen MR) is 71.8 cm³/mol. The quantitative estimate of drug-likeness (QED) is 0.780. The van der Waals surface area contributed by atoms with E-state index in [1.165, 1.54) is 14.2 Å². The van der Waals surface area contributed by atoms with E-state index in [-0.39, 0.29) is 5.91 Å². The normalized spacial score (nSPS) is 17.8. The second-order valence-corrected chi connectivity index (χ2v) is 6.68. The number of carbonyl (C=O) groups is 1. The van der Waals surface area contributed by atoms with Crippen LogP contribution in [0.25, 0.3) is 0 Å². The molecule has 1 aliphatic rings. The third-order valence-corrected chi connectivity index (χ3v) is 5.51. The third kappa shape index (κ3) is 2.73. The molecule has 6 heteroatoms. The van der Waals surface area contributed by atoms with Gasteiger partial charge in [-0.3, -0.25) is 9.36 Å². The first-order valence-electron chi connectivity index (χ1n) is 6.18. The lowest BCUT2D eigenvalue weighted by Gasteiger charge is -2.32. The molecule has 0 aliphatic carbocycles. The Balaban J connectivity index is 2.45. The van der Waals surface area contributed by atoms with Crippen molar-refractivity contribution < 1.29 is 18.4 Å². The monoisotopic (exact) mass is 283 g/mol. The molecular formula is C13H18NO4P. The van der Waals surface area contributed by atoms with Gasteiger partial charge >= 0.3 is 7.60 Å². The average molecular weight is 283 g/mol. The minimum absolute atomic E-state index is 0.0109. The summed E-state index contributed by atoms with van der Waals surface area (Å²) >= 11 is 0. The largest absolute Gasteiger partial charge is 0.357 e. The molecule has 1 amide bonds. The molecule has 1 aromatic carbocycles. The lowest BCUT2D eigenvalue weighted by molar-refractivity contribution is -0.128. The summed E-state index contributed by atoms with van der Waals surface area (Å²) in [6.07, 6.45) is 1.26. The highest BCUT2D eigenvalue weighted by Crippen LogP contribution is 2.61. The molecule has 5 nitrogen and oxygen atoms in total. The zero-order valence-electron chi connectivity index (χ0n) is 11.1. The van der Waals surface area contributed by atoms with Gasteiger partial charge in [0.1, 0.15) is 0 Å². The fraction of sp³-hybridized carbons (Fsp3) is 0.462. The maximum atomic E-state index is 12.7. The van der Waals surface area contributed by atoms with E-state index in [9.17, 15) is 9.36 Å². The number of nitrogens with zero attached hydrogens (tertiary/aromatic N) is 1. The van der Waals surface area contributed by atoms with Crippen molar-refractivity contribution in [3.05, 3.63) is 35.9 Å². The Hall–Kier alpha value is -1.16. The van der Waals surface area contributed by atoms with Crippen LogP contribution in [-0.2, 0) is 18.4 Å². The molecule has 1 aliphatic heterocycles. The Labute approximate surface area is 113 Å². The third-order valence-electron chi connectivity index (χ3n) is 3.31. The van der Waals surface area contributed by atoms with Crippen LogP contribution in [0.2, 0.25) is 0 Å². The lowest BCUT2D eigenvalue weighted by Crippen LogP contribution is -2.30. The summed E-state index contributed by atoms with van der Waals surface area (Å²) < 4.78 is 23.0. The number of hydrogen-bond acceptors (Lipinski definition) is 4. The molecule has 1 unspecified atom stereocenters. The fourth-order valence-electron chi connectivity index (χ4n) is 2.36. The van der Waals surface area contributed by atoms with Gasteiger partial charge in [0.25, 0.3) is 0 Å². The molecule has 0 N–H and O–H groups in total. The van der Waals surface area contributed by atoms with E-state index in [1.54, 1.807) is 4.90 Å². The highest BCUT2D eigenvalue weighted by Gasteiger charge is 2.43. The van der Waals surface area contributed by atoms with Gasteiger partial charge in [0.15, 0.2) is 5.78 Å². The van der Waals surface area contributed by atoms with E-state index in [0.29, 0.717) is 13.0 Å². The molecule has 0 radical (unpaired) electrons. The van der Waals surface area contributed by atoms with Gasteiger partial charge in [-0.25, -0.2) is 0 Å². The first-order chi connectivity index (χ1) is 9.12. The molecule has 0 spiro atoms. The summed E-state index contributed by atoms with van der Waals surface area (Å²) in [5.74, 6) is -0.679. The number of likely N-dealkylation sites (tertiary alicyclic amines) is 1. The molecule has 19 heavy (non-hydrogen) atoms. The van der Waals surface area contributed by atoms with Gasteiger partial charge < -0.3 is 13.9 Å². The van der Waals surface area contributed by atoms with E-state index in [1.807, 2.05) is 30.3 Å². The molecule has 1 saturated heterocycles. The number of hydrogen-bond donors (Lipinski definition) is 0. The summed E-state index contributed by atoms with van der Waals surface area (Å²) in [6, 6.07) is 9.23. The first-order valence-corrected chi connectivity index (χ1v) is 7.79. The van der Waals surface area contributed by atoms with Crippen LogP contribution in [0.5, 0.6) is 0 Å². The van der Waals surface area contributed by atoms with Crippen LogP contribution >= 0.6 is 7.60 Å². The fourth-order valence-corrected chi connectivity index (χ4v) is 4.03. The van der Waals surface area contributed by atoms with Crippen LogP contribution in [-0.4, -0.2) is 31.6 Å². The molecule has 0 bridgehead atoms. The maximum absolute atomic E-state index is 12.7. The Morgan fingerprint density at radius 3 is 2.32 bits per heavy atom. The summed E-state index contributed by atoms with van der Waals surface area (Å²) in [4.78, 5) is 13.6. The highest BCUT2D eigenvalue weighted by molar-refractivity contribution is 7.54. The summed E-state index contributed by atoms with van der Waals surface area (Å²) in [6.45, 7) is 0.578. The lowest BCUT2D eigenvalue weighted by atomic mass is 10.2. The second-order valence-electron chi connectivity index (χ2n) is 4.38. The van der Waals surface area contributed by atoms with E-state index in [2.05, 4.69) is 0 Å². The topological polar surface area (TPSA) is 55.8 Å². The van der Waals surface area contributed by atoms with Crippen molar-refractivity contribution in [1.82, 2.24) is 4.90 Å². The van der Waals surface area contributed by atoms with Crippen LogP contribution in [0, 0.1) is 0 Å². The van der Waals surface area contributed by atoms with E-state index < -0.39 is 13.4 Å². The first kappa shape index (κ1) is 14.3. The average Bonchev–Trinajstić information content (AvgIpc) is 2.86. The molecule has 104 valence electrons. The zero-order chi connectivity index (χ0) is 13.9. The molecule has 1 aromatic rings. The highest BCUT2D eigenvalue weighted by atomic mass is 31.2. The molecule has 1 heterocycles. The number of benzene rings is 1. The van der Waals surface area contributed by atoms with Crippen LogP contribution < -0.4 is 0 Å². The standard InChI is InChI=1S/C13H18NO4P/c1-17-19(16,18-2)13(11-7-4-3-5-8-11)14-10-6-9-12(14)15/h3-5,7-8,13H,6,9-10H2,1-2H3. The Morgan fingerprint density at radius 2 is 1.84 bits per heavy atom. The van der Waals surface area contributed by atoms with Crippen molar-refractivity contribution in [3.63, 3.8) is 0 Å². The minimum atomic E-state index is -3.39. The van der Waals surface area contributed by atoms with Crippen LogP contribution in [0.15, 0.2) is 30.3 Å². The maximum Gasteiger partial charge on any atom is 0.357 e. The van der Waals surface area contributed by atoms with Gasteiger partial charge in [0, 0.05) is 27.2 Å². The van der Waals surface area contributed by atoms with Crippen LogP contribution in [0.3, 0.4) is 0 Å². The van der Waals surface area contributed by atoms with Crippen molar-refractivity contribution in [3.8, 4) is 0 Å². The van der Waals surface area contributed by atoms with Crippen LogP contribution in [0.4, 0.5) is 0 Å². The van der Waals surface area contributed by atoms with E-state index in [4.69, 9.17) is 9.05 Å². The molecule has 1 atom stereocenters. The van der Waals surface area contributed by atoms with Gasteiger partial charge in [0.2, 0.25) is 5.91 Å². The SMILES string of the molecule is COP(=O)(OC)C(c1ccccc1)N1CCCC1=O. The van der Waals surface area contributed by atoms with Gasteiger partial charge in [0.05, 0.1) is 0 Å². The molecular weight excluding hydrogens is 265 g/mol. The molecule has 1 fully saturated rings.